The summed E-state index contributed by atoms with van der Waals surface area (Å²) in [5.74, 6) is 0.907. The highest BCUT2D eigenvalue weighted by Crippen LogP contribution is 2.48. The van der Waals surface area contributed by atoms with Crippen molar-refractivity contribution < 1.29 is 4.74 Å². The summed E-state index contributed by atoms with van der Waals surface area (Å²) in [5, 5.41) is 7.62. The standard InChI is InChI=1S/C19H29ClN4O.HI/c1-2-21-18(22-8-9-24-10-12-25-13-11-24)23-15-19(6-7-19)16-4-3-5-17(20)14-16;/h3-5,14H,2,6-13,15H2,1H3,(H2,21,22,23);1H. The van der Waals surface area contributed by atoms with E-state index in [1.165, 1.54) is 18.4 Å². The summed E-state index contributed by atoms with van der Waals surface area (Å²) >= 11 is 6.16. The molecule has 1 saturated heterocycles. The molecule has 0 radical (unpaired) electrons. The van der Waals surface area contributed by atoms with Gasteiger partial charge in [-0.05, 0) is 37.5 Å². The number of benzene rings is 1. The predicted octanol–water partition coefficient (Wildman–Crippen LogP) is 2.88. The zero-order valence-electron chi connectivity index (χ0n) is 15.5. The van der Waals surface area contributed by atoms with Crippen LogP contribution in [0.3, 0.4) is 0 Å². The van der Waals surface area contributed by atoms with E-state index >= 15 is 0 Å². The van der Waals surface area contributed by atoms with Crippen LogP contribution < -0.4 is 10.6 Å². The van der Waals surface area contributed by atoms with E-state index in [9.17, 15) is 0 Å². The molecule has 2 N–H and O–H groups in total. The Labute approximate surface area is 178 Å². The van der Waals surface area contributed by atoms with Crippen LogP contribution in [0.25, 0.3) is 0 Å². The highest BCUT2D eigenvalue weighted by Gasteiger charge is 2.44. The summed E-state index contributed by atoms with van der Waals surface area (Å²) in [4.78, 5) is 7.27. The first-order chi connectivity index (χ1) is 12.2. The summed E-state index contributed by atoms with van der Waals surface area (Å²) in [6.45, 7) is 9.42. The molecule has 26 heavy (non-hydrogen) atoms. The van der Waals surface area contributed by atoms with Crippen LogP contribution in [-0.4, -0.2) is 63.3 Å². The molecule has 1 aliphatic heterocycles. The molecular weight excluding hydrogens is 463 g/mol. The predicted molar refractivity (Wildman–Crippen MR) is 119 cm³/mol. The summed E-state index contributed by atoms with van der Waals surface area (Å²) < 4.78 is 5.39. The lowest BCUT2D eigenvalue weighted by Gasteiger charge is -2.26. The summed E-state index contributed by atoms with van der Waals surface area (Å²) in [6, 6.07) is 8.23. The number of rotatable bonds is 7. The third-order valence-corrected chi connectivity index (χ3v) is 5.23. The normalized spacial score (nSPS) is 19.5. The lowest BCUT2D eigenvalue weighted by atomic mass is 9.96. The molecule has 0 bridgehead atoms. The van der Waals surface area contributed by atoms with Crippen LogP contribution in [0.2, 0.25) is 5.02 Å². The van der Waals surface area contributed by atoms with Crippen molar-refractivity contribution in [1.29, 1.82) is 0 Å². The molecule has 1 heterocycles. The van der Waals surface area contributed by atoms with E-state index in [1.807, 2.05) is 12.1 Å². The molecule has 1 aromatic carbocycles. The Balaban J connectivity index is 0.00000243. The largest absolute Gasteiger partial charge is 0.379 e. The van der Waals surface area contributed by atoms with Crippen LogP contribution in [0.1, 0.15) is 25.3 Å². The van der Waals surface area contributed by atoms with E-state index in [-0.39, 0.29) is 29.4 Å². The van der Waals surface area contributed by atoms with Crippen LogP contribution in [0.4, 0.5) is 0 Å². The number of halogens is 2. The first-order valence-electron chi connectivity index (χ1n) is 9.30. The fourth-order valence-electron chi connectivity index (χ4n) is 3.24. The highest BCUT2D eigenvalue weighted by molar-refractivity contribution is 14.0. The zero-order valence-corrected chi connectivity index (χ0v) is 18.6. The first-order valence-corrected chi connectivity index (χ1v) is 9.68. The van der Waals surface area contributed by atoms with E-state index in [0.29, 0.717) is 0 Å². The lowest BCUT2D eigenvalue weighted by molar-refractivity contribution is 0.0389. The molecule has 7 heteroatoms. The van der Waals surface area contributed by atoms with Gasteiger partial charge >= 0.3 is 0 Å². The van der Waals surface area contributed by atoms with Crippen molar-refractivity contribution in [2.75, 3.05) is 52.5 Å². The Morgan fingerprint density at radius 2 is 2.04 bits per heavy atom. The van der Waals surface area contributed by atoms with Gasteiger partial charge in [0.05, 0.1) is 19.8 Å². The van der Waals surface area contributed by atoms with Gasteiger partial charge in [-0.3, -0.25) is 9.89 Å². The molecule has 2 aliphatic rings. The van der Waals surface area contributed by atoms with Crippen molar-refractivity contribution in [2.45, 2.75) is 25.2 Å². The van der Waals surface area contributed by atoms with E-state index < -0.39 is 0 Å². The van der Waals surface area contributed by atoms with E-state index in [1.54, 1.807) is 0 Å². The Morgan fingerprint density at radius 3 is 2.69 bits per heavy atom. The monoisotopic (exact) mass is 492 g/mol. The van der Waals surface area contributed by atoms with Gasteiger partial charge in [0.25, 0.3) is 0 Å². The van der Waals surface area contributed by atoms with E-state index in [0.717, 1.165) is 63.5 Å². The molecule has 3 rings (SSSR count). The van der Waals surface area contributed by atoms with E-state index in [4.69, 9.17) is 21.3 Å². The molecule has 0 unspecified atom stereocenters. The fourth-order valence-corrected chi connectivity index (χ4v) is 3.43. The molecule has 0 amide bonds. The summed E-state index contributed by atoms with van der Waals surface area (Å²) in [6.07, 6.45) is 2.37. The van der Waals surface area contributed by atoms with Crippen LogP contribution >= 0.6 is 35.6 Å². The number of nitrogens with zero attached hydrogens (tertiary/aromatic N) is 2. The third kappa shape index (κ3) is 6.25. The van der Waals surface area contributed by atoms with Crippen LogP contribution in [-0.2, 0) is 10.2 Å². The topological polar surface area (TPSA) is 48.9 Å². The van der Waals surface area contributed by atoms with Gasteiger partial charge in [0, 0.05) is 43.2 Å². The van der Waals surface area contributed by atoms with Crippen molar-refractivity contribution in [1.82, 2.24) is 15.5 Å². The lowest BCUT2D eigenvalue weighted by Crippen LogP contribution is -2.44. The zero-order chi connectivity index (χ0) is 17.5. The molecule has 146 valence electrons. The Bertz CT molecular complexity index is 589. The number of aliphatic imine (C=N–C) groups is 1. The van der Waals surface area contributed by atoms with Crippen molar-refractivity contribution in [3.8, 4) is 0 Å². The minimum Gasteiger partial charge on any atom is -0.379 e. The Morgan fingerprint density at radius 1 is 1.27 bits per heavy atom. The van der Waals surface area contributed by atoms with Crippen molar-refractivity contribution in [3.63, 3.8) is 0 Å². The first kappa shape index (κ1) is 21.7. The highest BCUT2D eigenvalue weighted by atomic mass is 127. The van der Waals surface area contributed by atoms with Crippen LogP contribution in [0.15, 0.2) is 29.3 Å². The van der Waals surface area contributed by atoms with Crippen LogP contribution in [0.5, 0.6) is 0 Å². The van der Waals surface area contributed by atoms with Gasteiger partial charge in [-0.1, -0.05) is 23.7 Å². The molecule has 1 aliphatic carbocycles. The second-order valence-electron chi connectivity index (χ2n) is 6.87. The minimum absolute atomic E-state index is 0. The van der Waals surface area contributed by atoms with Crippen molar-refractivity contribution in [2.24, 2.45) is 4.99 Å². The minimum atomic E-state index is 0. The van der Waals surface area contributed by atoms with Gasteiger partial charge in [-0.25, -0.2) is 0 Å². The molecule has 2 fully saturated rings. The number of nitrogens with one attached hydrogen (secondary N) is 2. The van der Waals surface area contributed by atoms with Gasteiger partial charge < -0.3 is 15.4 Å². The third-order valence-electron chi connectivity index (χ3n) is 5.00. The molecule has 0 aromatic heterocycles. The van der Waals surface area contributed by atoms with Gasteiger partial charge in [-0.2, -0.15) is 0 Å². The maximum Gasteiger partial charge on any atom is 0.191 e. The Kier molecular flexibility index (Phi) is 8.93. The van der Waals surface area contributed by atoms with Gasteiger partial charge in [-0.15, -0.1) is 24.0 Å². The molecular formula is C19H30ClIN4O. The van der Waals surface area contributed by atoms with Gasteiger partial charge in [0.15, 0.2) is 5.96 Å². The molecule has 1 saturated carbocycles. The fraction of sp³-hybridized carbons (Fsp3) is 0.632. The maximum absolute atomic E-state index is 6.16. The second kappa shape index (κ2) is 10.7. The maximum atomic E-state index is 6.16. The second-order valence-corrected chi connectivity index (χ2v) is 7.30. The van der Waals surface area contributed by atoms with Gasteiger partial charge in [0.1, 0.15) is 0 Å². The number of morpholine rings is 1. The SMILES string of the molecule is CCNC(=NCC1(c2cccc(Cl)c2)CC1)NCCN1CCOCC1.I. The van der Waals surface area contributed by atoms with Crippen LogP contribution in [0, 0.1) is 0 Å². The molecule has 0 atom stereocenters. The van der Waals surface area contributed by atoms with Crippen molar-refractivity contribution in [3.05, 3.63) is 34.9 Å². The van der Waals surface area contributed by atoms with E-state index in [2.05, 4.69) is 34.6 Å². The Hall–Kier alpha value is -0.570. The number of ether oxygens (including phenoxy) is 1. The smallest absolute Gasteiger partial charge is 0.191 e. The van der Waals surface area contributed by atoms with Gasteiger partial charge in [0.2, 0.25) is 0 Å². The number of hydrogen-bond acceptors (Lipinski definition) is 3. The summed E-state index contributed by atoms with van der Waals surface area (Å²) in [7, 11) is 0. The molecule has 1 aromatic rings. The number of hydrogen-bond donors (Lipinski definition) is 2. The van der Waals surface area contributed by atoms with Crippen molar-refractivity contribution >= 4 is 41.5 Å². The summed E-state index contributed by atoms with van der Waals surface area (Å²) in [5.41, 5.74) is 1.49. The molecule has 5 nitrogen and oxygen atoms in total. The average molecular weight is 493 g/mol. The number of guanidine groups is 1. The average Bonchev–Trinajstić information content (AvgIpc) is 3.42. The quantitative estimate of drug-likeness (QED) is 0.349. The molecule has 0 spiro atoms.